The second-order valence-corrected chi connectivity index (χ2v) is 14.4. The SMILES string of the molecule is CCCCCCCCCCCCCCCCCC[N+](C)(CCC)CCCCCCCCCCCCCCCCCC.[Cl-]. The molecule has 0 aromatic rings. The van der Waals surface area contributed by atoms with Gasteiger partial charge >= 0.3 is 0 Å². The van der Waals surface area contributed by atoms with Crippen molar-refractivity contribution in [1.82, 2.24) is 0 Å². The second kappa shape index (κ2) is 37.4. The Hall–Kier alpha value is 0.250. The largest absolute Gasteiger partial charge is 1.00 e. The van der Waals surface area contributed by atoms with Gasteiger partial charge in [0.2, 0.25) is 0 Å². The molecule has 2 heteroatoms. The van der Waals surface area contributed by atoms with E-state index in [9.17, 15) is 0 Å². The monoisotopic (exact) mass is 614 g/mol. The Morgan fingerprint density at radius 2 is 0.429 bits per heavy atom. The topological polar surface area (TPSA) is 0 Å². The first-order chi connectivity index (χ1) is 20.2. The summed E-state index contributed by atoms with van der Waals surface area (Å²) in [5.41, 5.74) is 0. The van der Waals surface area contributed by atoms with Crippen molar-refractivity contribution in [2.24, 2.45) is 0 Å². The van der Waals surface area contributed by atoms with Crippen molar-refractivity contribution < 1.29 is 16.9 Å². The summed E-state index contributed by atoms with van der Waals surface area (Å²) in [6, 6.07) is 0. The first-order valence-electron chi connectivity index (χ1n) is 20.0. The molecule has 0 saturated carbocycles. The number of hydrogen-bond donors (Lipinski definition) is 0. The summed E-state index contributed by atoms with van der Waals surface area (Å²) in [4.78, 5) is 0. The molecule has 0 N–H and O–H groups in total. The molecule has 0 heterocycles. The lowest BCUT2D eigenvalue weighted by molar-refractivity contribution is -0.910. The van der Waals surface area contributed by atoms with E-state index in [1.165, 1.54) is 236 Å². The van der Waals surface area contributed by atoms with E-state index < -0.39 is 0 Å². The van der Waals surface area contributed by atoms with Gasteiger partial charge in [0.15, 0.2) is 0 Å². The van der Waals surface area contributed by atoms with Gasteiger partial charge in [-0.2, -0.15) is 0 Å². The molecule has 0 aliphatic carbocycles. The van der Waals surface area contributed by atoms with Crippen LogP contribution in [0.4, 0.5) is 0 Å². The minimum Gasteiger partial charge on any atom is -1.00 e. The van der Waals surface area contributed by atoms with E-state index in [4.69, 9.17) is 0 Å². The number of halogens is 1. The van der Waals surface area contributed by atoms with Gasteiger partial charge in [0, 0.05) is 0 Å². The lowest BCUT2D eigenvalue weighted by atomic mass is 10.0. The second-order valence-electron chi connectivity index (χ2n) is 14.4. The summed E-state index contributed by atoms with van der Waals surface area (Å²) >= 11 is 0. The predicted octanol–water partition coefficient (Wildman–Crippen LogP) is 11.4. The molecule has 42 heavy (non-hydrogen) atoms. The minimum atomic E-state index is 0. The van der Waals surface area contributed by atoms with Crippen molar-refractivity contribution in [3.05, 3.63) is 0 Å². The molecule has 0 unspecified atom stereocenters. The molecule has 0 atom stereocenters. The summed E-state index contributed by atoms with van der Waals surface area (Å²) in [6.07, 6.45) is 48.4. The minimum absolute atomic E-state index is 0. The number of rotatable bonds is 36. The van der Waals surface area contributed by atoms with E-state index in [1.807, 2.05) is 0 Å². The van der Waals surface area contributed by atoms with Crippen molar-refractivity contribution in [3.63, 3.8) is 0 Å². The molecule has 0 rings (SSSR count). The third-order valence-electron chi connectivity index (χ3n) is 9.87. The van der Waals surface area contributed by atoms with Gasteiger partial charge in [-0.15, -0.1) is 0 Å². The van der Waals surface area contributed by atoms with Crippen LogP contribution in [0.15, 0.2) is 0 Å². The molecule has 256 valence electrons. The fourth-order valence-electron chi connectivity index (χ4n) is 6.96. The van der Waals surface area contributed by atoms with Gasteiger partial charge in [0.1, 0.15) is 0 Å². The molecule has 1 nitrogen and oxygen atoms in total. The zero-order valence-electron chi connectivity index (χ0n) is 30.3. The van der Waals surface area contributed by atoms with E-state index in [2.05, 4.69) is 27.8 Å². The van der Waals surface area contributed by atoms with Crippen LogP contribution in [0.2, 0.25) is 0 Å². The standard InChI is InChI=1S/C40H84N.ClH/c1-5-8-10-12-14-16-18-20-22-24-26-28-30-32-34-36-39-41(4,38-7-3)40-37-35-33-31-29-27-25-23-21-19-17-15-13-11-9-6-2;/h5-40H2,1-4H3;1H/q+1;/p-1. The molecule has 0 aliphatic heterocycles. The van der Waals surface area contributed by atoms with E-state index >= 15 is 0 Å². The summed E-state index contributed by atoms with van der Waals surface area (Å²) in [5, 5.41) is 0. The normalized spacial score (nSPS) is 11.7. The molecule has 0 fully saturated rings. The van der Waals surface area contributed by atoms with Crippen molar-refractivity contribution in [1.29, 1.82) is 0 Å². The molecule has 0 aromatic carbocycles. The van der Waals surface area contributed by atoms with E-state index in [-0.39, 0.29) is 12.4 Å². The van der Waals surface area contributed by atoms with Crippen LogP contribution in [0.5, 0.6) is 0 Å². The van der Waals surface area contributed by atoms with Crippen LogP contribution in [0.1, 0.15) is 233 Å². The predicted molar refractivity (Wildman–Crippen MR) is 190 cm³/mol. The summed E-state index contributed by atoms with van der Waals surface area (Å²) in [5.74, 6) is 0. The van der Waals surface area contributed by atoms with Gasteiger partial charge in [-0.05, 0) is 32.1 Å². The summed E-state index contributed by atoms with van der Waals surface area (Å²) < 4.78 is 1.34. The fourth-order valence-corrected chi connectivity index (χ4v) is 6.96. The Labute approximate surface area is 275 Å². The Balaban J connectivity index is 0. The van der Waals surface area contributed by atoms with Gasteiger partial charge < -0.3 is 16.9 Å². The van der Waals surface area contributed by atoms with Gasteiger partial charge in [0.25, 0.3) is 0 Å². The molecular weight excluding hydrogens is 530 g/mol. The van der Waals surface area contributed by atoms with Gasteiger partial charge in [-0.3, -0.25) is 0 Å². The quantitative estimate of drug-likeness (QED) is 0.0487. The average molecular weight is 615 g/mol. The summed E-state index contributed by atoms with van der Waals surface area (Å²) in [6.45, 7) is 11.2. The third kappa shape index (κ3) is 34.7. The van der Waals surface area contributed by atoms with E-state index in [0.29, 0.717) is 0 Å². The van der Waals surface area contributed by atoms with Gasteiger partial charge in [-0.25, -0.2) is 0 Å². The maximum Gasteiger partial charge on any atom is 0.0784 e. The Morgan fingerprint density at radius 1 is 0.238 bits per heavy atom. The van der Waals surface area contributed by atoms with Crippen molar-refractivity contribution >= 4 is 0 Å². The maximum absolute atomic E-state index is 2.56. The zero-order valence-corrected chi connectivity index (χ0v) is 31.0. The van der Waals surface area contributed by atoms with Crippen LogP contribution < -0.4 is 12.4 Å². The first kappa shape index (κ1) is 44.4. The third-order valence-corrected chi connectivity index (χ3v) is 9.87. The van der Waals surface area contributed by atoms with Crippen LogP contribution >= 0.6 is 0 Å². The Kier molecular flexibility index (Phi) is 39.6. The van der Waals surface area contributed by atoms with Crippen LogP contribution in [0, 0.1) is 0 Å². The number of quaternary nitrogens is 1. The molecule has 0 saturated heterocycles. The highest BCUT2D eigenvalue weighted by molar-refractivity contribution is 4.53. The first-order valence-corrected chi connectivity index (χ1v) is 20.0. The highest BCUT2D eigenvalue weighted by Crippen LogP contribution is 2.17. The molecule has 0 bridgehead atoms. The molecule has 0 radical (unpaired) electrons. The highest BCUT2D eigenvalue weighted by Gasteiger charge is 2.19. The zero-order chi connectivity index (χ0) is 30.0. The van der Waals surface area contributed by atoms with E-state index in [0.717, 1.165) is 0 Å². The van der Waals surface area contributed by atoms with Crippen LogP contribution in [-0.4, -0.2) is 31.2 Å². The maximum atomic E-state index is 2.56. The molecule has 0 amide bonds. The molecule has 0 spiro atoms. The fraction of sp³-hybridized carbons (Fsp3) is 1.00. The van der Waals surface area contributed by atoms with E-state index in [1.54, 1.807) is 0 Å². The van der Waals surface area contributed by atoms with Gasteiger partial charge in [0.05, 0.1) is 26.7 Å². The lowest BCUT2D eigenvalue weighted by Crippen LogP contribution is -3.00. The number of hydrogen-bond acceptors (Lipinski definition) is 0. The number of nitrogens with zero attached hydrogens (tertiary/aromatic N) is 1. The van der Waals surface area contributed by atoms with Gasteiger partial charge in [-0.1, -0.05) is 201 Å². The number of unbranched alkanes of at least 4 members (excludes halogenated alkanes) is 30. The average Bonchev–Trinajstić information content (AvgIpc) is 2.97. The smallest absolute Gasteiger partial charge is 0.0784 e. The Morgan fingerprint density at radius 3 is 0.619 bits per heavy atom. The van der Waals surface area contributed by atoms with Crippen molar-refractivity contribution in [2.45, 2.75) is 233 Å². The van der Waals surface area contributed by atoms with Crippen LogP contribution in [0.3, 0.4) is 0 Å². The highest BCUT2D eigenvalue weighted by atomic mass is 35.5. The summed E-state index contributed by atoms with van der Waals surface area (Å²) in [7, 11) is 2.56. The molecule has 0 aromatic heterocycles. The van der Waals surface area contributed by atoms with Crippen LogP contribution in [-0.2, 0) is 0 Å². The van der Waals surface area contributed by atoms with Crippen molar-refractivity contribution in [2.75, 3.05) is 26.7 Å². The lowest BCUT2D eigenvalue weighted by Gasteiger charge is -2.34. The van der Waals surface area contributed by atoms with Crippen molar-refractivity contribution in [3.8, 4) is 0 Å². The molecular formula is C40H84ClN. The molecule has 0 aliphatic rings. The Bertz CT molecular complexity index is 429. The van der Waals surface area contributed by atoms with Crippen LogP contribution in [0.25, 0.3) is 0 Å².